The van der Waals surface area contributed by atoms with Gasteiger partial charge in [0.2, 0.25) is 0 Å². The van der Waals surface area contributed by atoms with E-state index in [2.05, 4.69) is 20.9 Å². The smallest absolute Gasteiger partial charge is 0.337 e. The van der Waals surface area contributed by atoms with Crippen LogP contribution in [0.1, 0.15) is 15.9 Å². The van der Waals surface area contributed by atoms with E-state index < -0.39 is 5.97 Å². The van der Waals surface area contributed by atoms with Gasteiger partial charge in [0.25, 0.3) is 0 Å². The number of benzene rings is 1. The molecule has 1 aromatic heterocycles. The molecule has 0 atom stereocenters. The summed E-state index contributed by atoms with van der Waals surface area (Å²) in [6, 6.07) is 3.80. The topological polar surface area (TPSA) is 53.1 Å². The number of H-pyrrole nitrogens is 1. The number of fused-ring (bicyclic) bond motifs is 1. The molecule has 0 amide bonds. The monoisotopic (exact) mass is 253 g/mol. The molecule has 14 heavy (non-hydrogen) atoms. The van der Waals surface area contributed by atoms with Gasteiger partial charge in [0.15, 0.2) is 0 Å². The highest BCUT2D eigenvalue weighted by molar-refractivity contribution is 9.10. The molecular formula is C10H8BrNO2. The van der Waals surface area contributed by atoms with Crippen molar-refractivity contribution in [2.75, 3.05) is 0 Å². The van der Waals surface area contributed by atoms with Gasteiger partial charge in [-0.2, -0.15) is 0 Å². The molecule has 2 aromatic rings. The van der Waals surface area contributed by atoms with Crippen molar-refractivity contribution in [3.8, 4) is 0 Å². The Hall–Kier alpha value is -1.29. The van der Waals surface area contributed by atoms with E-state index in [1.54, 1.807) is 0 Å². The summed E-state index contributed by atoms with van der Waals surface area (Å²) in [4.78, 5) is 13.9. The van der Waals surface area contributed by atoms with E-state index >= 15 is 0 Å². The van der Waals surface area contributed by atoms with Crippen LogP contribution in [0.2, 0.25) is 0 Å². The van der Waals surface area contributed by atoms with Crippen LogP contribution in [0.3, 0.4) is 0 Å². The summed E-state index contributed by atoms with van der Waals surface area (Å²) in [6.07, 6.45) is 1.52. The second-order valence-corrected chi connectivity index (χ2v) is 3.98. The maximum Gasteiger partial charge on any atom is 0.337 e. The van der Waals surface area contributed by atoms with Crippen molar-refractivity contribution in [2.24, 2.45) is 0 Å². The first-order valence-electron chi connectivity index (χ1n) is 4.10. The standard InChI is InChI=1S/C10H8BrNO2/c1-5-2-3-7(11)8-6(10(13)14)4-12-9(5)8/h2-4,12H,1H3,(H,13,14). The van der Waals surface area contributed by atoms with Crippen molar-refractivity contribution in [3.63, 3.8) is 0 Å². The number of carbonyl (C=O) groups is 1. The van der Waals surface area contributed by atoms with Crippen LogP contribution in [0.4, 0.5) is 0 Å². The van der Waals surface area contributed by atoms with Crippen LogP contribution in [0, 0.1) is 6.92 Å². The van der Waals surface area contributed by atoms with Gasteiger partial charge in [-0.3, -0.25) is 0 Å². The second-order valence-electron chi connectivity index (χ2n) is 3.12. The zero-order chi connectivity index (χ0) is 10.3. The summed E-state index contributed by atoms with van der Waals surface area (Å²) in [5.74, 6) is -0.914. The molecule has 2 rings (SSSR count). The number of aromatic amines is 1. The fraction of sp³-hybridized carbons (Fsp3) is 0.100. The molecular weight excluding hydrogens is 246 g/mol. The summed E-state index contributed by atoms with van der Waals surface area (Å²) >= 11 is 3.35. The lowest BCUT2D eigenvalue weighted by molar-refractivity contribution is 0.0699. The third kappa shape index (κ3) is 1.23. The number of hydrogen-bond acceptors (Lipinski definition) is 1. The van der Waals surface area contributed by atoms with Crippen LogP contribution in [0.15, 0.2) is 22.8 Å². The largest absolute Gasteiger partial charge is 0.478 e. The van der Waals surface area contributed by atoms with Gasteiger partial charge in [0, 0.05) is 16.1 Å². The predicted molar refractivity (Wildman–Crippen MR) is 57.7 cm³/mol. The van der Waals surface area contributed by atoms with E-state index in [4.69, 9.17) is 5.11 Å². The highest BCUT2D eigenvalue weighted by atomic mass is 79.9. The fourth-order valence-electron chi connectivity index (χ4n) is 1.52. The van der Waals surface area contributed by atoms with Gasteiger partial charge in [-0.25, -0.2) is 4.79 Å². The van der Waals surface area contributed by atoms with E-state index in [-0.39, 0.29) is 0 Å². The average molecular weight is 254 g/mol. The third-order valence-electron chi connectivity index (χ3n) is 2.22. The van der Waals surface area contributed by atoms with E-state index in [0.29, 0.717) is 5.56 Å². The Balaban J connectivity index is 2.90. The molecule has 0 bridgehead atoms. The number of aromatic carboxylic acids is 1. The molecule has 0 aliphatic rings. The number of aryl methyl sites for hydroxylation is 1. The molecule has 0 radical (unpaired) electrons. The molecule has 0 saturated carbocycles. The van der Waals surface area contributed by atoms with Gasteiger partial charge in [-0.15, -0.1) is 0 Å². The van der Waals surface area contributed by atoms with Crippen LogP contribution < -0.4 is 0 Å². The Labute approximate surface area is 88.9 Å². The summed E-state index contributed by atoms with van der Waals surface area (Å²) < 4.78 is 0.803. The van der Waals surface area contributed by atoms with Crippen LogP contribution in [0.25, 0.3) is 10.9 Å². The Morgan fingerprint density at radius 2 is 2.21 bits per heavy atom. The fourth-order valence-corrected chi connectivity index (χ4v) is 2.06. The quantitative estimate of drug-likeness (QED) is 0.821. The number of carboxylic acids is 1. The van der Waals surface area contributed by atoms with Crippen LogP contribution in [0.5, 0.6) is 0 Å². The summed E-state index contributed by atoms with van der Waals surface area (Å²) in [6.45, 7) is 1.94. The van der Waals surface area contributed by atoms with Crippen LogP contribution in [-0.2, 0) is 0 Å². The van der Waals surface area contributed by atoms with Gasteiger partial charge in [0.05, 0.1) is 11.1 Å². The number of rotatable bonds is 1. The lowest BCUT2D eigenvalue weighted by Gasteiger charge is -1.99. The Morgan fingerprint density at radius 1 is 1.50 bits per heavy atom. The van der Waals surface area contributed by atoms with Crippen molar-refractivity contribution in [2.45, 2.75) is 6.92 Å². The molecule has 3 nitrogen and oxygen atoms in total. The van der Waals surface area contributed by atoms with Gasteiger partial charge < -0.3 is 10.1 Å². The minimum Gasteiger partial charge on any atom is -0.478 e. The Morgan fingerprint density at radius 3 is 2.86 bits per heavy atom. The first-order chi connectivity index (χ1) is 6.61. The molecule has 1 heterocycles. The maximum absolute atomic E-state index is 10.9. The predicted octanol–water partition coefficient (Wildman–Crippen LogP) is 2.94. The van der Waals surface area contributed by atoms with Crippen LogP contribution >= 0.6 is 15.9 Å². The van der Waals surface area contributed by atoms with Gasteiger partial charge in [-0.1, -0.05) is 22.0 Å². The number of aromatic nitrogens is 1. The molecule has 4 heteroatoms. The van der Waals surface area contributed by atoms with Crippen molar-refractivity contribution < 1.29 is 9.90 Å². The highest BCUT2D eigenvalue weighted by Crippen LogP contribution is 2.29. The summed E-state index contributed by atoms with van der Waals surface area (Å²) in [7, 11) is 0. The lowest BCUT2D eigenvalue weighted by Crippen LogP contribution is -1.94. The third-order valence-corrected chi connectivity index (χ3v) is 2.88. The minimum atomic E-state index is -0.914. The van der Waals surface area contributed by atoms with Crippen molar-refractivity contribution >= 4 is 32.8 Å². The molecule has 72 valence electrons. The Kier molecular flexibility index (Phi) is 2.07. The first-order valence-corrected chi connectivity index (χ1v) is 4.90. The van der Waals surface area contributed by atoms with E-state index in [1.807, 2.05) is 19.1 Å². The lowest BCUT2D eigenvalue weighted by atomic mass is 10.1. The van der Waals surface area contributed by atoms with Crippen molar-refractivity contribution in [1.29, 1.82) is 0 Å². The van der Waals surface area contributed by atoms with Gasteiger partial charge in [-0.05, 0) is 18.6 Å². The van der Waals surface area contributed by atoms with Gasteiger partial charge in [0.1, 0.15) is 0 Å². The van der Waals surface area contributed by atoms with E-state index in [9.17, 15) is 4.79 Å². The van der Waals surface area contributed by atoms with Crippen molar-refractivity contribution in [1.82, 2.24) is 4.98 Å². The number of nitrogens with one attached hydrogen (secondary N) is 1. The molecule has 2 N–H and O–H groups in total. The molecule has 1 aromatic carbocycles. The molecule has 0 fully saturated rings. The Bertz CT molecular complexity index is 516. The summed E-state index contributed by atoms with van der Waals surface area (Å²) in [5, 5.41) is 9.68. The first kappa shape index (κ1) is 9.27. The maximum atomic E-state index is 10.9. The van der Waals surface area contributed by atoms with E-state index in [0.717, 1.165) is 20.9 Å². The summed E-state index contributed by atoms with van der Waals surface area (Å²) in [5.41, 5.74) is 2.21. The number of hydrogen-bond donors (Lipinski definition) is 2. The zero-order valence-corrected chi connectivity index (χ0v) is 9.05. The van der Waals surface area contributed by atoms with Crippen molar-refractivity contribution in [3.05, 3.63) is 33.9 Å². The zero-order valence-electron chi connectivity index (χ0n) is 7.47. The average Bonchev–Trinajstić information content (AvgIpc) is 2.56. The minimum absolute atomic E-state index is 0.301. The molecule has 0 unspecified atom stereocenters. The molecule has 0 aliphatic heterocycles. The van der Waals surface area contributed by atoms with Crippen LogP contribution in [-0.4, -0.2) is 16.1 Å². The highest BCUT2D eigenvalue weighted by Gasteiger charge is 2.13. The normalized spacial score (nSPS) is 10.7. The van der Waals surface area contributed by atoms with Gasteiger partial charge >= 0.3 is 5.97 Å². The second kappa shape index (κ2) is 3.13. The SMILES string of the molecule is Cc1ccc(Br)c2c(C(=O)O)c[nH]c12. The number of carboxylic acid groups (broad SMARTS) is 1. The molecule has 0 spiro atoms. The molecule has 0 saturated heterocycles. The molecule has 0 aliphatic carbocycles. The van der Waals surface area contributed by atoms with E-state index in [1.165, 1.54) is 6.20 Å². The number of halogens is 1.